The van der Waals surface area contributed by atoms with Crippen LogP contribution < -0.4 is 10.0 Å². The van der Waals surface area contributed by atoms with Crippen molar-refractivity contribution in [2.75, 3.05) is 6.54 Å². The summed E-state index contributed by atoms with van der Waals surface area (Å²) in [5.41, 5.74) is 2.31. The number of amides is 1. The molecule has 0 aromatic heterocycles. The zero-order valence-corrected chi connectivity index (χ0v) is 16.9. The van der Waals surface area contributed by atoms with Gasteiger partial charge in [0.25, 0.3) is 0 Å². The number of sulfonamides is 1. The molecule has 27 heavy (non-hydrogen) atoms. The summed E-state index contributed by atoms with van der Waals surface area (Å²) in [6.45, 7) is 6.35. The highest BCUT2D eigenvalue weighted by Gasteiger charge is 2.14. The van der Waals surface area contributed by atoms with Crippen LogP contribution in [-0.2, 0) is 21.2 Å². The first-order valence-electron chi connectivity index (χ1n) is 9.21. The Morgan fingerprint density at radius 2 is 1.59 bits per heavy atom. The Hall–Kier alpha value is -2.18. The van der Waals surface area contributed by atoms with Gasteiger partial charge >= 0.3 is 0 Å². The standard InChI is InChI=1S/C21H28N2O3S/c1-16(2)15-18-9-11-19(12-10-18)17(3)23-21(24)13-14-22-27(25,26)20-7-5-4-6-8-20/h4-12,16-17,22H,13-15H2,1-3H3,(H,23,24). The summed E-state index contributed by atoms with van der Waals surface area (Å²) in [7, 11) is -3.58. The first-order valence-corrected chi connectivity index (χ1v) is 10.7. The lowest BCUT2D eigenvalue weighted by Gasteiger charge is -2.15. The predicted octanol–water partition coefficient (Wildman–Crippen LogP) is 3.43. The van der Waals surface area contributed by atoms with Gasteiger partial charge in [0.05, 0.1) is 10.9 Å². The zero-order chi connectivity index (χ0) is 19.9. The van der Waals surface area contributed by atoms with Gasteiger partial charge < -0.3 is 5.32 Å². The number of benzene rings is 2. The SMILES string of the molecule is CC(C)Cc1ccc(C(C)NC(=O)CCNS(=O)(=O)c2ccccc2)cc1. The lowest BCUT2D eigenvalue weighted by molar-refractivity contribution is -0.121. The number of nitrogens with one attached hydrogen (secondary N) is 2. The van der Waals surface area contributed by atoms with Crippen LogP contribution in [0.4, 0.5) is 0 Å². The Balaban J connectivity index is 1.81. The summed E-state index contributed by atoms with van der Waals surface area (Å²) in [5, 5.41) is 2.91. The van der Waals surface area contributed by atoms with Crippen molar-refractivity contribution >= 4 is 15.9 Å². The smallest absolute Gasteiger partial charge is 0.240 e. The molecular weight excluding hydrogens is 360 g/mol. The molecule has 0 radical (unpaired) electrons. The van der Waals surface area contributed by atoms with E-state index in [1.54, 1.807) is 18.2 Å². The van der Waals surface area contributed by atoms with E-state index in [9.17, 15) is 13.2 Å². The predicted molar refractivity (Wildman–Crippen MR) is 108 cm³/mol. The van der Waals surface area contributed by atoms with Crippen molar-refractivity contribution in [1.29, 1.82) is 0 Å². The second kappa shape index (κ2) is 9.67. The van der Waals surface area contributed by atoms with Gasteiger partial charge in [-0.3, -0.25) is 4.79 Å². The molecule has 2 N–H and O–H groups in total. The molecule has 0 aliphatic heterocycles. The highest BCUT2D eigenvalue weighted by molar-refractivity contribution is 7.89. The molecule has 2 aromatic rings. The second-order valence-corrected chi connectivity index (χ2v) is 8.86. The van der Waals surface area contributed by atoms with Crippen LogP contribution in [0.5, 0.6) is 0 Å². The van der Waals surface area contributed by atoms with Gasteiger partial charge in [-0.1, -0.05) is 56.3 Å². The minimum Gasteiger partial charge on any atom is -0.350 e. The molecule has 1 amide bonds. The van der Waals surface area contributed by atoms with Gasteiger partial charge in [-0.2, -0.15) is 0 Å². The van der Waals surface area contributed by atoms with Crippen LogP contribution in [0.25, 0.3) is 0 Å². The Bertz CT molecular complexity index is 831. The van der Waals surface area contributed by atoms with Crippen molar-refractivity contribution in [3.05, 3.63) is 65.7 Å². The largest absolute Gasteiger partial charge is 0.350 e. The minimum atomic E-state index is -3.58. The van der Waals surface area contributed by atoms with E-state index in [4.69, 9.17) is 0 Å². The maximum absolute atomic E-state index is 12.1. The van der Waals surface area contributed by atoms with E-state index >= 15 is 0 Å². The third-order valence-electron chi connectivity index (χ3n) is 4.20. The second-order valence-electron chi connectivity index (χ2n) is 7.09. The topological polar surface area (TPSA) is 75.3 Å². The van der Waals surface area contributed by atoms with Gasteiger partial charge in [-0.15, -0.1) is 0 Å². The van der Waals surface area contributed by atoms with Crippen molar-refractivity contribution < 1.29 is 13.2 Å². The molecule has 1 atom stereocenters. The Kier molecular flexibility index (Phi) is 7.56. The molecule has 2 rings (SSSR count). The summed E-state index contributed by atoms with van der Waals surface area (Å²) in [6.07, 6.45) is 1.12. The van der Waals surface area contributed by atoms with Crippen molar-refractivity contribution in [3.63, 3.8) is 0 Å². The average Bonchev–Trinajstić information content (AvgIpc) is 2.62. The van der Waals surface area contributed by atoms with Crippen LogP contribution in [-0.4, -0.2) is 20.9 Å². The van der Waals surface area contributed by atoms with Gasteiger partial charge in [0.15, 0.2) is 0 Å². The van der Waals surface area contributed by atoms with E-state index in [1.807, 2.05) is 19.1 Å². The first-order chi connectivity index (χ1) is 12.8. The maximum atomic E-state index is 12.1. The molecule has 6 heteroatoms. The molecule has 0 saturated carbocycles. The fourth-order valence-electron chi connectivity index (χ4n) is 2.79. The van der Waals surface area contributed by atoms with Crippen molar-refractivity contribution in [2.45, 2.75) is 44.6 Å². The quantitative estimate of drug-likeness (QED) is 0.691. The van der Waals surface area contributed by atoms with Gasteiger partial charge in [-0.05, 0) is 42.5 Å². The van der Waals surface area contributed by atoms with E-state index < -0.39 is 10.0 Å². The summed E-state index contributed by atoms with van der Waals surface area (Å²) < 4.78 is 26.7. The minimum absolute atomic E-state index is 0.0586. The molecule has 5 nitrogen and oxygen atoms in total. The third kappa shape index (κ3) is 6.81. The molecule has 2 aromatic carbocycles. The fraction of sp³-hybridized carbons (Fsp3) is 0.381. The lowest BCUT2D eigenvalue weighted by atomic mass is 10.00. The number of hydrogen-bond donors (Lipinski definition) is 2. The molecule has 0 spiro atoms. The van der Waals surface area contributed by atoms with E-state index in [1.165, 1.54) is 17.7 Å². The van der Waals surface area contributed by atoms with Crippen molar-refractivity contribution in [3.8, 4) is 0 Å². The van der Waals surface area contributed by atoms with E-state index in [-0.39, 0.29) is 29.8 Å². The lowest BCUT2D eigenvalue weighted by Crippen LogP contribution is -2.32. The third-order valence-corrected chi connectivity index (χ3v) is 5.68. The van der Waals surface area contributed by atoms with Gasteiger partial charge in [-0.25, -0.2) is 13.1 Å². The fourth-order valence-corrected chi connectivity index (χ4v) is 3.85. The first kappa shape index (κ1) is 21.1. The molecule has 146 valence electrons. The highest BCUT2D eigenvalue weighted by atomic mass is 32.2. The summed E-state index contributed by atoms with van der Waals surface area (Å²) >= 11 is 0. The molecule has 1 unspecified atom stereocenters. The Morgan fingerprint density at radius 3 is 2.19 bits per heavy atom. The van der Waals surface area contributed by atoms with E-state index in [0.717, 1.165) is 12.0 Å². The zero-order valence-electron chi connectivity index (χ0n) is 16.1. The van der Waals surface area contributed by atoms with Crippen molar-refractivity contribution in [2.24, 2.45) is 5.92 Å². The van der Waals surface area contributed by atoms with E-state index in [0.29, 0.717) is 5.92 Å². The Morgan fingerprint density at radius 1 is 0.963 bits per heavy atom. The van der Waals surface area contributed by atoms with Gasteiger partial charge in [0, 0.05) is 13.0 Å². The van der Waals surface area contributed by atoms with E-state index in [2.05, 4.69) is 36.0 Å². The number of carbonyl (C=O) groups is 1. The molecule has 0 aliphatic rings. The van der Waals surface area contributed by atoms with Gasteiger partial charge in [0.2, 0.25) is 15.9 Å². The average molecular weight is 389 g/mol. The normalized spacial score (nSPS) is 12.7. The summed E-state index contributed by atoms with van der Waals surface area (Å²) in [6, 6.07) is 16.2. The van der Waals surface area contributed by atoms with Crippen LogP contribution >= 0.6 is 0 Å². The molecule has 0 saturated heterocycles. The molecular formula is C21H28N2O3S. The molecule has 0 heterocycles. The van der Waals surface area contributed by atoms with Crippen LogP contribution in [0.1, 0.15) is 44.4 Å². The summed E-state index contributed by atoms with van der Waals surface area (Å²) in [5.74, 6) is 0.414. The number of hydrogen-bond acceptors (Lipinski definition) is 3. The maximum Gasteiger partial charge on any atom is 0.240 e. The van der Waals surface area contributed by atoms with Crippen LogP contribution in [0.2, 0.25) is 0 Å². The number of carbonyl (C=O) groups excluding carboxylic acids is 1. The molecule has 0 fully saturated rings. The Labute approximate surface area is 162 Å². The molecule has 0 bridgehead atoms. The van der Waals surface area contributed by atoms with Crippen molar-refractivity contribution in [1.82, 2.24) is 10.0 Å². The van der Waals surface area contributed by atoms with Crippen LogP contribution in [0, 0.1) is 5.92 Å². The number of rotatable bonds is 9. The monoisotopic (exact) mass is 388 g/mol. The van der Waals surface area contributed by atoms with Crippen LogP contribution in [0.15, 0.2) is 59.5 Å². The van der Waals surface area contributed by atoms with Crippen LogP contribution in [0.3, 0.4) is 0 Å². The summed E-state index contributed by atoms with van der Waals surface area (Å²) in [4.78, 5) is 12.3. The highest BCUT2D eigenvalue weighted by Crippen LogP contribution is 2.15. The van der Waals surface area contributed by atoms with Gasteiger partial charge in [0.1, 0.15) is 0 Å². The molecule has 0 aliphatic carbocycles.